The molecule has 0 unspecified atom stereocenters. The minimum absolute atomic E-state index is 0.203. The van der Waals surface area contributed by atoms with Crippen LogP contribution in [0, 0.1) is 5.92 Å². The third-order valence-electron chi connectivity index (χ3n) is 3.77. The van der Waals surface area contributed by atoms with Crippen LogP contribution in [0.25, 0.3) is 0 Å². The van der Waals surface area contributed by atoms with Crippen LogP contribution in [0.2, 0.25) is 0 Å². The number of benzene rings is 1. The number of carboxylic acids is 1. The number of para-hydroxylation sites is 2. The lowest BCUT2D eigenvalue weighted by Gasteiger charge is -2.34. The van der Waals surface area contributed by atoms with Crippen molar-refractivity contribution in [2.24, 2.45) is 5.92 Å². The largest absolute Gasteiger partial charge is 0.495 e. The molecule has 1 saturated heterocycles. The van der Waals surface area contributed by atoms with Gasteiger partial charge in [0.05, 0.1) is 18.7 Å². The molecule has 1 aromatic rings. The molecule has 1 atom stereocenters. The molecule has 6 heteroatoms. The Morgan fingerprint density at radius 3 is 2.76 bits per heavy atom. The van der Waals surface area contributed by atoms with E-state index in [1.807, 2.05) is 12.1 Å². The summed E-state index contributed by atoms with van der Waals surface area (Å²) in [6.45, 7) is 0.843. The fourth-order valence-electron chi connectivity index (χ4n) is 2.57. The quantitative estimate of drug-likeness (QED) is 0.925. The highest BCUT2D eigenvalue weighted by atomic mass is 16.5. The summed E-state index contributed by atoms with van der Waals surface area (Å²) in [6.07, 6.45) is 1.33. The van der Waals surface area contributed by atoms with Crippen LogP contribution in [0.3, 0.4) is 0 Å². The number of piperidine rings is 1. The number of hydrogen-bond donors (Lipinski definition) is 1. The summed E-state index contributed by atoms with van der Waals surface area (Å²) in [5, 5.41) is 9.10. The fourth-order valence-corrected chi connectivity index (χ4v) is 2.57. The summed E-state index contributed by atoms with van der Waals surface area (Å²) >= 11 is 0. The molecule has 0 aliphatic carbocycles. The molecule has 1 fully saturated rings. The van der Waals surface area contributed by atoms with Crippen molar-refractivity contribution in [1.29, 1.82) is 0 Å². The highest BCUT2D eigenvalue weighted by Gasteiger charge is 2.30. The molecule has 1 aliphatic heterocycles. The van der Waals surface area contributed by atoms with E-state index in [2.05, 4.69) is 0 Å². The maximum atomic E-state index is 12.5. The van der Waals surface area contributed by atoms with Crippen LogP contribution in [-0.4, -0.2) is 49.3 Å². The van der Waals surface area contributed by atoms with Gasteiger partial charge in [0, 0.05) is 20.1 Å². The Labute approximate surface area is 123 Å². The number of carbonyl (C=O) groups excluding carboxylic acids is 1. The van der Waals surface area contributed by atoms with Gasteiger partial charge in [-0.1, -0.05) is 12.1 Å². The monoisotopic (exact) mass is 292 g/mol. The van der Waals surface area contributed by atoms with E-state index in [0.29, 0.717) is 30.8 Å². The van der Waals surface area contributed by atoms with Gasteiger partial charge in [-0.05, 0) is 25.0 Å². The van der Waals surface area contributed by atoms with Crippen molar-refractivity contribution in [3.63, 3.8) is 0 Å². The molecule has 2 amide bonds. The molecule has 1 aromatic carbocycles. The van der Waals surface area contributed by atoms with Gasteiger partial charge < -0.3 is 14.7 Å². The average molecular weight is 292 g/mol. The molecule has 1 heterocycles. The number of nitrogens with zero attached hydrogens (tertiary/aromatic N) is 2. The number of carboxylic acid groups (broad SMARTS) is 1. The molecule has 0 radical (unpaired) electrons. The van der Waals surface area contributed by atoms with E-state index in [9.17, 15) is 9.59 Å². The first-order valence-corrected chi connectivity index (χ1v) is 6.93. The average Bonchev–Trinajstić information content (AvgIpc) is 2.53. The maximum absolute atomic E-state index is 12.5. The van der Waals surface area contributed by atoms with Crippen molar-refractivity contribution in [3.8, 4) is 5.75 Å². The number of amides is 2. The van der Waals surface area contributed by atoms with Crippen LogP contribution in [0.15, 0.2) is 24.3 Å². The van der Waals surface area contributed by atoms with E-state index >= 15 is 0 Å². The Balaban J connectivity index is 2.13. The Morgan fingerprint density at radius 1 is 1.38 bits per heavy atom. The molecule has 21 heavy (non-hydrogen) atoms. The van der Waals surface area contributed by atoms with Crippen molar-refractivity contribution >= 4 is 17.7 Å². The van der Waals surface area contributed by atoms with E-state index < -0.39 is 11.9 Å². The number of hydrogen-bond acceptors (Lipinski definition) is 3. The number of carbonyl (C=O) groups is 2. The van der Waals surface area contributed by atoms with E-state index in [1.165, 1.54) is 4.90 Å². The van der Waals surface area contributed by atoms with Gasteiger partial charge in [-0.3, -0.25) is 9.69 Å². The SMILES string of the molecule is COc1ccccc1N(C)C(=O)N1CCC[C@@H](C(=O)O)C1. The smallest absolute Gasteiger partial charge is 0.324 e. The number of anilines is 1. The first kappa shape index (κ1) is 15.2. The first-order valence-electron chi connectivity index (χ1n) is 6.93. The zero-order chi connectivity index (χ0) is 15.4. The Kier molecular flexibility index (Phi) is 4.67. The molecule has 0 aromatic heterocycles. The summed E-state index contributed by atoms with van der Waals surface area (Å²) < 4.78 is 5.26. The predicted molar refractivity (Wildman–Crippen MR) is 78.7 cm³/mol. The van der Waals surface area contributed by atoms with Gasteiger partial charge in [-0.15, -0.1) is 0 Å². The summed E-state index contributed by atoms with van der Waals surface area (Å²) in [5.74, 6) is -0.707. The highest BCUT2D eigenvalue weighted by molar-refractivity contribution is 5.93. The van der Waals surface area contributed by atoms with Crippen LogP contribution < -0.4 is 9.64 Å². The Bertz CT molecular complexity index is 532. The number of likely N-dealkylation sites (tertiary alicyclic amines) is 1. The molecule has 2 rings (SSSR count). The standard InChI is InChI=1S/C15H20N2O4/c1-16(12-7-3-4-8-13(12)21-2)15(20)17-9-5-6-11(10-17)14(18)19/h3-4,7-8,11H,5-6,9-10H2,1-2H3,(H,18,19)/t11-/m1/s1. The van der Waals surface area contributed by atoms with Crippen molar-refractivity contribution in [2.75, 3.05) is 32.1 Å². The number of methoxy groups -OCH3 is 1. The zero-order valence-electron chi connectivity index (χ0n) is 12.3. The van der Waals surface area contributed by atoms with E-state index in [1.54, 1.807) is 31.2 Å². The van der Waals surface area contributed by atoms with Crippen LogP contribution >= 0.6 is 0 Å². The van der Waals surface area contributed by atoms with Gasteiger partial charge >= 0.3 is 12.0 Å². The molecule has 0 bridgehead atoms. The number of urea groups is 1. The predicted octanol–water partition coefficient (Wildman–Crippen LogP) is 2.05. The number of rotatable bonds is 3. The van der Waals surface area contributed by atoms with Crippen LogP contribution in [0.4, 0.5) is 10.5 Å². The number of ether oxygens (including phenoxy) is 1. The van der Waals surface area contributed by atoms with Crippen molar-refractivity contribution < 1.29 is 19.4 Å². The van der Waals surface area contributed by atoms with Gasteiger partial charge in [0.15, 0.2) is 0 Å². The minimum atomic E-state index is -0.840. The third kappa shape index (κ3) is 3.26. The highest BCUT2D eigenvalue weighted by Crippen LogP contribution is 2.28. The Morgan fingerprint density at radius 2 is 2.10 bits per heavy atom. The van der Waals surface area contributed by atoms with Gasteiger partial charge in [-0.2, -0.15) is 0 Å². The summed E-state index contributed by atoms with van der Waals surface area (Å²) in [5.41, 5.74) is 0.669. The molecule has 0 saturated carbocycles. The van der Waals surface area contributed by atoms with Gasteiger partial charge in [0.2, 0.25) is 0 Å². The molecule has 1 N–H and O–H groups in total. The van der Waals surface area contributed by atoms with Crippen molar-refractivity contribution in [3.05, 3.63) is 24.3 Å². The first-order chi connectivity index (χ1) is 10.0. The van der Waals surface area contributed by atoms with E-state index in [0.717, 1.165) is 0 Å². The second kappa shape index (κ2) is 6.47. The van der Waals surface area contributed by atoms with Crippen molar-refractivity contribution in [2.45, 2.75) is 12.8 Å². The van der Waals surface area contributed by atoms with Crippen LogP contribution in [0.1, 0.15) is 12.8 Å². The molecule has 6 nitrogen and oxygen atoms in total. The number of aliphatic carboxylic acids is 1. The van der Waals surface area contributed by atoms with Crippen LogP contribution in [-0.2, 0) is 4.79 Å². The lowest BCUT2D eigenvalue weighted by Crippen LogP contribution is -2.47. The third-order valence-corrected chi connectivity index (χ3v) is 3.77. The molecule has 1 aliphatic rings. The molecular formula is C15H20N2O4. The molecule has 114 valence electrons. The van der Waals surface area contributed by atoms with E-state index in [4.69, 9.17) is 9.84 Å². The van der Waals surface area contributed by atoms with Gasteiger partial charge in [0.25, 0.3) is 0 Å². The van der Waals surface area contributed by atoms with Crippen LogP contribution in [0.5, 0.6) is 5.75 Å². The van der Waals surface area contributed by atoms with Crippen molar-refractivity contribution in [1.82, 2.24) is 4.90 Å². The van der Waals surface area contributed by atoms with Gasteiger partial charge in [-0.25, -0.2) is 4.79 Å². The second-order valence-corrected chi connectivity index (χ2v) is 5.14. The zero-order valence-corrected chi connectivity index (χ0v) is 12.3. The molecular weight excluding hydrogens is 272 g/mol. The minimum Gasteiger partial charge on any atom is -0.495 e. The maximum Gasteiger partial charge on any atom is 0.324 e. The molecule has 0 spiro atoms. The topological polar surface area (TPSA) is 70.1 Å². The normalized spacial score (nSPS) is 18.2. The Hall–Kier alpha value is -2.24. The lowest BCUT2D eigenvalue weighted by molar-refractivity contribution is -0.143. The van der Waals surface area contributed by atoms with E-state index in [-0.39, 0.29) is 12.6 Å². The van der Waals surface area contributed by atoms with Gasteiger partial charge in [0.1, 0.15) is 5.75 Å². The lowest BCUT2D eigenvalue weighted by atomic mass is 9.98. The second-order valence-electron chi connectivity index (χ2n) is 5.14. The summed E-state index contributed by atoms with van der Waals surface area (Å²) in [4.78, 5) is 26.7. The fraction of sp³-hybridized carbons (Fsp3) is 0.467. The summed E-state index contributed by atoms with van der Waals surface area (Å²) in [7, 11) is 3.23. The summed E-state index contributed by atoms with van der Waals surface area (Å²) in [6, 6.07) is 7.05.